The number of aromatic nitrogens is 12. The van der Waals surface area contributed by atoms with Crippen LogP contribution in [0.25, 0.3) is 34.4 Å². The monoisotopic (exact) mass is 1060 g/mol. The lowest BCUT2D eigenvalue weighted by Gasteiger charge is -2.18. The van der Waals surface area contributed by atoms with Crippen LogP contribution in [0.4, 0.5) is 0 Å². The minimum atomic E-state index is -3.77. The third-order valence-electron chi connectivity index (χ3n) is 10.8. The molecular weight excluding hydrogens is 1020 g/mol. The van der Waals surface area contributed by atoms with Gasteiger partial charge in [-0.25, -0.2) is 16.8 Å². The van der Waals surface area contributed by atoms with Crippen LogP contribution in [0.1, 0.15) is 35.2 Å². The minimum Gasteiger partial charge on any atom is -0.494 e. The summed E-state index contributed by atoms with van der Waals surface area (Å²) in [5.74, 6) is 1.29. The number of benzene rings is 2. The van der Waals surface area contributed by atoms with Crippen molar-refractivity contribution in [2.75, 3.05) is 54.2 Å². The zero-order valence-electron chi connectivity index (χ0n) is 40.2. The fourth-order valence-corrected chi connectivity index (χ4v) is 10.6. The van der Waals surface area contributed by atoms with E-state index in [-0.39, 0.29) is 23.2 Å². The number of hydrogen-bond acceptors (Lipinski definition) is 18. The van der Waals surface area contributed by atoms with Crippen LogP contribution in [-0.2, 0) is 54.7 Å². The maximum atomic E-state index is 13.4. The molecule has 0 bridgehead atoms. The highest BCUT2D eigenvalue weighted by molar-refractivity contribution is 7.90. The Labute approximate surface area is 425 Å². The minimum absolute atomic E-state index is 0.164. The average molecular weight is 1070 g/mol. The predicted molar refractivity (Wildman–Crippen MR) is 266 cm³/mol. The standard InChI is InChI=1S/2C23H25ClN6O5S/c2*1-29-11-10-17(28-29)23-27-26-21(30(23)22-18(33-2)6-5-7-19(22)34-3)14-36(31,32)13-20(35-4)16-9-8-15(24)12-25-16/h2*5-12,20H,13-14H2,1-4H3/t2*20-/m10/s1. The number of methoxy groups -OCH3 is 6. The number of ether oxygens (including phenoxy) is 6. The molecule has 2 aromatic carbocycles. The molecule has 0 N–H and O–H groups in total. The maximum absolute atomic E-state index is 13.4. The normalized spacial score (nSPS) is 12.5. The first-order valence-electron chi connectivity index (χ1n) is 21.5. The van der Waals surface area contributed by atoms with Crippen molar-refractivity contribution in [1.29, 1.82) is 0 Å². The fraction of sp³-hybridized carbons (Fsp3) is 0.304. The predicted octanol–water partition coefficient (Wildman–Crippen LogP) is 6.07. The Balaban J connectivity index is 0.000000211. The van der Waals surface area contributed by atoms with Crippen LogP contribution in [-0.4, -0.2) is 130 Å². The molecule has 72 heavy (non-hydrogen) atoms. The number of aryl methyl sites for hydroxylation is 2. The van der Waals surface area contributed by atoms with Gasteiger partial charge in [0.25, 0.3) is 0 Å². The molecule has 0 aliphatic carbocycles. The first-order chi connectivity index (χ1) is 34.5. The van der Waals surface area contributed by atoms with Crippen LogP contribution in [0, 0.1) is 0 Å². The van der Waals surface area contributed by atoms with E-state index in [1.807, 2.05) is 0 Å². The third-order valence-corrected chi connectivity index (χ3v) is 14.3. The van der Waals surface area contributed by atoms with Crippen LogP contribution in [0.15, 0.2) is 97.6 Å². The van der Waals surface area contributed by atoms with E-state index in [0.29, 0.717) is 78.8 Å². The Morgan fingerprint density at radius 2 is 0.875 bits per heavy atom. The summed E-state index contributed by atoms with van der Waals surface area (Å²) in [5.41, 5.74) is 2.82. The van der Waals surface area contributed by atoms with Gasteiger partial charge in [0.2, 0.25) is 0 Å². The zero-order chi connectivity index (χ0) is 51.7. The van der Waals surface area contributed by atoms with Crippen molar-refractivity contribution in [3.63, 3.8) is 0 Å². The highest BCUT2D eigenvalue weighted by atomic mass is 35.5. The van der Waals surface area contributed by atoms with E-state index >= 15 is 0 Å². The number of rotatable bonds is 20. The second-order valence-electron chi connectivity index (χ2n) is 15.7. The van der Waals surface area contributed by atoms with Gasteiger partial charge in [-0.05, 0) is 60.7 Å². The molecule has 8 rings (SSSR count). The van der Waals surface area contributed by atoms with Gasteiger partial charge >= 0.3 is 0 Å². The lowest BCUT2D eigenvalue weighted by molar-refractivity contribution is 0.118. The molecule has 2 atom stereocenters. The van der Waals surface area contributed by atoms with E-state index in [2.05, 4.69) is 40.6 Å². The summed E-state index contributed by atoms with van der Waals surface area (Å²) in [4.78, 5) is 8.40. The molecule has 0 spiro atoms. The molecule has 0 aliphatic heterocycles. The summed E-state index contributed by atoms with van der Waals surface area (Å²) in [5, 5.41) is 26.7. The zero-order valence-corrected chi connectivity index (χ0v) is 43.4. The maximum Gasteiger partial charge on any atom is 0.189 e. The number of sulfone groups is 2. The van der Waals surface area contributed by atoms with Crippen LogP contribution >= 0.6 is 23.2 Å². The summed E-state index contributed by atoms with van der Waals surface area (Å²) in [6.07, 6.45) is 4.82. The SMILES string of the molecule is COc1cccc(OC)c1-n1c(CS(=O)(=O)C[C@@H](OC)c2ccc(Cl)cn2)nnc1-c1ccn(C)n1.COc1cccc(OC)c1-n1c(CS(=O)(=O)C[C@H](OC)c2ccc(Cl)cn2)nnc1-c1ccn(C)n1. The number of para-hydroxylation sites is 2. The van der Waals surface area contributed by atoms with Crippen molar-refractivity contribution >= 4 is 42.9 Å². The average Bonchev–Trinajstić information content (AvgIpc) is 4.19. The van der Waals surface area contributed by atoms with Crippen molar-refractivity contribution < 1.29 is 45.3 Å². The van der Waals surface area contributed by atoms with E-state index in [9.17, 15) is 16.8 Å². The molecule has 380 valence electrons. The lowest BCUT2D eigenvalue weighted by Crippen LogP contribution is -2.20. The molecule has 26 heteroatoms. The molecule has 8 aromatic rings. The number of nitrogens with zero attached hydrogens (tertiary/aromatic N) is 12. The Morgan fingerprint density at radius 1 is 0.514 bits per heavy atom. The fourth-order valence-electron chi connectivity index (χ4n) is 7.47. The van der Waals surface area contributed by atoms with E-state index in [1.54, 1.807) is 118 Å². The summed E-state index contributed by atoms with van der Waals surface area (Å²) >= 11 is 11.8. The Kier molecular flexibility index (Phi) is 16.9. The highest BCUT2D eigenvalue weighted by Gasteiger charge is 2.31. The molecule has 0 aliphatic rings. The van der Waals surface area contributed by atoms with Gasteiger partial charge in [0.05, 0.1) is 61.4 Å². The van der Waals surface area contributed by atoms with E-state index in [1.165, 1.54) is 55.1 Å². The quantitative estimate of drug-likeness (QED) is 0.0840. The molecule has 0 fully saturated rings. The number of pyridine rings is 2. The molecule has 6 heterocycles. The van der Waals surface area contributed by atoms with Gasteiger partial charge in [-0.3, -0.25) is 28.5 Å². The molecular formula is C46H50Cl2N12O10S2. The Hall–Kier alpha value is -6.96. The van der Waals surface area contributed by atoms with Crippen molar-refractivity contribution in [1.82, 2.24) is 59.1 Å². The third kappa shape index (κ3) is 12.2. The molecule has 0 saturated carbocycles. The second-order valence-corrected chi connectivity index (χ2v) is 20.8. The van der Waals surface area contributed by atoms with Gasteiger partial charge < -0.3 is 28.4 Å². The summed E-state index contributed by atoms with van der Waals surface area (Å²) in [6.45, 7) is 0. The molecule has 0 saturated heterocycles. The second kappa shape index (κ2) is 23.1. The highest BCUT2D eigenvalue weighted by Crippen LogP contribution is 2.38. The molecule has 6 aromatic heterocycles. The van der Waals surface area contributed by atoms with E-state index < -0.39 is 43.4 Å². The van der Waals surface area contributed by atoms with Gasteiger partial charge in [-0.2, -0.15) is 10.2 Å². The van der Waals surface area contributed by atoms with Crippen molar-refractivity contribution in [3.8, 4) is 57.4 Å². The van der Waals surface area contributed by atoms with Gasteiger partial charge in [0, 0.05) is 53.1 Å². The van der Waals surface area contributed by atoms with Gasteiger partial charge in [0.15, 0.2) is 43.0 Å². The van der Waals surface area contributed by atoms with Gasteiger partial charge in [0.1, 0.15) is 69.5 Å². The molecule has 0 amide bonds. The van der Waals surface area contributed by atoms with Crippen LogP contribution in [0.3, 0.4) is 0 Å². The summed E-state index contributed by atoms with van der Waals surface area (Å²) < 4.78 is 93.0. The number of hydrogen-bond donors (Lipinski definition) is 0. The first kappa shape index (κ1) is 52.9. The van der Waals surface area contributed by atoms with Crippen molar-refractivity contribution in [2.45, 2.75) is 23.7 Å². The Bertz CT molecular complexity index is 3080. The topological polar surface area (TPSA) is 246 Å². The van der Waals surface area contributed by atoms with E-state index in [4.69, 9.17) is 51.6 Å². The Morgan fingerprint density at radius 3 is 1.15 bits per heavy atom. The van der Waals surface area contributed by atoms with Crippen molar-refractivity contribution in [2.24, 2.45) is 14.1 Å². The molecule has 0 radical (unpaired) electrons. The number of halogens is 2. The smallest absolute Gasteiger partial charge is 0.189 e. The van der Waals surface area contributed by atoms with Crippen molar-refractivity contribution in [3.05, 3.63) is 131 Å². The lowest BCUT2D eigenvalue weighted by atomic mass is 10.2. The van der Waals surface area contributed by atoms with Crippen LogP contribution in [0.5, 0.6) is 23.0 Å². The summed E-state index contributed by atoms with van der Waals surface area (Å²) in [6, 6.07) is 20.5. The first-order valence-corrected chi connectivity index (χ1v) is 25.9. The van der Waals surface area contributed by atoms with Gasteiger partial charge in [-0.15, -0.1) is 20.4 Å². The largest absolute Gasteiger partial charge is 0.494 e. The van der Waals surface area contributed by atoms with Crippen LogP contribution in [0.2, 0.25) is 10.0 Å². The molecule has 0 unspecified atom stereocenters. The summed E-state index contributed by atoms with van der Waals surface area (Å²) in [7, 11) is 4.93. The van der Waals surface area contributed by atoms with E-state index in [0.717, 1.165) is 0 Å². The van der Waals surface area contributed by atoms with Crippen LogP contribution < -0.4 is 18.9 Å². The molecule has 22 nitrogen and oxygen atoms in total. The van der Waals surface area contributed by atoms with Gasteiger partial charge in [-0.1, -0.05) is 35.3 Å².